The van der Waals surface area contributed by atoms with Crippen LogP contribution in [0.2, 0.25) is 0 Å². The predicted octanol–water partition coefficient (Wildman–Crippen LogP) is 4.91. The van der Waals surface area contributed by atoms with Crippen LogP contribution in [0.4, 0.5) is 0 Å². The highest BCUT2D eigenvalue weighted by Crippen LogP contribution is 2.24. The molecule has 0 unspecified atom stereocenters. The summed E-state index contributed by atoms with van der Waals surface area (Å²) < 4.78 is 7.75. The Morgan fingerprint density at radius 3 is 2.80 bits per heavy atom. The van der Waals surface area contributed by atoms with Crippen molar-refractivity contribution in [1.29, 1.82) is 5.26 Å². The summed E-state index contributed by atoms with van der Waals surface area (Å²) in [6.45, 7) is 5.58. The fourth-order valence-electron chi connectivity index (χ4n) is 2.83. The Bertz CT molecular complexity index is 947. The summed E-state index contributed by atoms with van der Waals surface area (Å²) in [7, 11) is 0. The van der Waals surface area contributed by atoms with Crippen molar-refractivity contribution in [3.63, 3.8) is 0 Å². The molecule has 0 spiro atoms. The van der Waals surface area contributed by atoms with E-state index < -0.39 is 0 Å². The van der Waals surface area contributed by atoms with Crippen LogP contribution >= 0.6 is 0 Å². The Hall–Kier alpha value is -3.06. The van der Waals surface area contributed by atoms with Crippen molar-refractivity contribution in [3.8, 4) is 11.8 Å². The summed E-state index contributed by atoms with van der Waals surface area (Å²) in [6.07, 6.45) is 2.83. The third kappa shape index (κ3) is 3.56. The Labute approximate surface area is 148 Å². The van der Waals surface area contributed by atoms with Gasteiger partial charge in [-0.1, -0.05) is 31.2 Å². The molecule has 0 radical (unpaired) electrons. The zero-order chi connectivity index (χ0) is 17.6. The molecule has 0 saturated carbocycles. The maximum atomic E-state index is 9.69. The molecule has 3 rings (SSSR count). The molecule has 1 aromatic heterocycles. The Morgan fingerprint density at radius 1 is 1.20 bits per heavy atom. The summed E-state index contributed by atoms with van der Waals surface area (Å²) in [4.78, 5) is 4.66. The maximum absolute atomic E-state index is 9.69. The highest BCUT2D eigenvalue weighted by Gasteiger charge is 2.13. The minimum Gasteiger partial charge on any atom is -0.494 e. The van der Waals surface area contributed by atoms with E-state index >= 15 is 0 Å². The maximum Gasteiger partial charge on any atom is 0.151 e. The van der Waals surface area contributed by atoms with Crippen molar-refractivity contribution in [2.75, 3.05) is 6.61 Å². The number of benzene rings is 2. The number of hydrogen-bond donors (Lipinski definition) is 0. The van der Waals surface area contributed by atoms with Crippen molar-refractivity contribution in [2.24, 2.45) is 0 Å². The quantitative estimate of drug-likeness (QED) is 0.603. The molecule has 2 aromatic carbocycles. The van der Waals surface area contributed by atoms with Crippen LogP contribution in [0.5, 0.6) is 5.75 Å². The number of nitrogens with zero attached hydrogens (tertiary/aromatic N) is 3. The number of allylic oxidation sites excluding steroid dienone is 1. The van der Waals surface area contributed by atoms with Gasteiger partial charge in [0.1, 0.15) is 11.8 Å². The van der Waals surface area contributed by atoms with Crippen molar-refractivity contribution in [2.45, 2.75) is 26.8 Å². The third-order valence-corrected chi connectivity index (χ3v) is 3.97. The number of para-hydroxylation sites is 2. The van der Waals surface area contributed by atoms with E-state index in [4.69, 9.17) is 4.74 Å². The smallest absolute Gasteiger partial charge is 0.151 e. The number of nitriles is 1. The highest BCUT2D eigenvalue weighted by atomic mass is 16.5. The fourth-order valence-corrected chi connectivity index (χ4v) is 2.83. The van der Waals surface area contributed by atoms with Crippen LogP contribution in [0.1, 0.15) is 31.7 Å². The molecule has 0 atom stereocenters. The van der Waals surface area contributed by atoms with E-state index in [0.29, 0.717) is 18.0 Å². The second kappa shape index (κ2) is 7.67. The summed E-state index contributed by atoms with van der Waals surface area (Å²) >= 11 is 0. The zero-order valence-electron chi connectivity index (χ0n) is 14.6. The third-order valence-electron chi connectivity index (χ3n) is 3.97. The molecule has 0 aliphatic carbocycles. The topological polar surface area (TPSA) is 50.8 Å². The molecule has 0 bridgehead atoms. The van der Waals surface area contributed by atoms with E-state index in [1.807, 2.05) is 54.6 Å². The van der Waals surface area contributed by atoms with Gasteiger partial charge >= 0.3 is 0 Å². The van der Waals surface area contributed by atoms with E-state index in [1.54, 1.807) is 0 Å². The number of rotatable bonds is 6. The summed E-state index contributed by atoms with van der Waals surface area (Å²) in [5.41, 5.74) is 3.42. The van der Waals surface area contributed by atoms with Gasteiger partial charge in [0.15, 0.2) is 5.82 Å². The summed E-state index contributed by atoms with van der Waals surface area (Å²) in [5.74, 6) is 1.52. The van der Waals surface area contributed by atoms with Gasteiger partial charge < -0.3 is 9.30 Å². The number of ether oxygens (including phenoxy) is 1. The van der Waals surface area contributed by atoms with E-state index in [1.165, 1.54) is 0 Å². The van der Waals surface area contributed by atoms with E-state index in [9.17, 15) is 5.26 Å². The van der Waals surface area contributed by atoms with Gasteiger partial charge in [-0.05, 0) is 49.2 Å². The Morgan fingerprint density at radius 2 is 2.04 bits per heavy atom. The Kier molecular flexibility index (Phi) is 5.15. The number of hydrogen-bond acceptors (Lipinski definition) is 3. The first kappa shape index (κ1) is 16.8. The first-order valence-electron chi connectivity index (χ1n) is 8.57. The van der Waals surface area contributed by atoms with Gasteiger partial charge in [0.2, 0.25) is 0 Å². The molecular weight excluding hydrogens is 310 g/mol. The molecule has 0 fully saturated rings. The normalized spacial score (nSPS) is 11.5. The molecule has 0 saturated heterocycles. The second-order valence-electron chi connectivity index (χ2n) is 5.76. The summed E-state index contributed by atoms with van der Waals surface area (Å²) in [6, 6.07) is 18.0. The lowest BCUT2D eigenvalue weighted by atomic mass is 10.1. The molecule has 0 aliphatic rings. The van der Waals surface area contributed by atoms with Crippen LogP contribution in [-0.4, -0.2) is 16.2 Å². The van der Waals surface area contributed by atoms with Crippen molar-refractivity contribution in [1.82, 2.24) is 9.55 Å². The lowest BCUT2D eigenvalue weighted by Gasteiger charge is -2.07. The molecule has 4 heteroatoms. The van der Waals surface area contributed by atoms with Crippen molar-refractivity contribution >= 4 is 22.7 Å². The van der Waals surface area contributed by atoms with E-state index in [0.717, 1.165) is 35.3 Å². The predicted molar refractivity (Wildman–Crippen MR) is 101 cm³/mol. The SMILES string of the molecule is CCCOc1cccc(/C=C(/C#N)c2nc3ccccc3n2CC)c1. The van der Waals surface area contributed by atoms with Crippen LogP contribution in [0.3, 0.4) is 0 Å². The Balaban J connectivity index is 2.03. The van der Waals surface area contributed by atoms with Crippen LogP contribution in [0.25, 0.3) is 22.7 Å². The van der Waals surface area contributed by atoms with Gasteiger partial charge in [0, 0.05) is 6.54 Å². The van der Waals surface area contributed by atoms with Crippen LogP contribution in [0, 0.1) is 11.3 Å². The first-order chi connectivity index (χ1) is 12.3. The van der Waals surface area contributed by atoms with Gasteiger partial charge in [-0.3, -0.25) is 0 Å². The van der Waals surface area contributed by atoms with Crippen molar-refractivity contribution < 1.29 is 4.74 Å². The average Bonchev–Trinajstić information content (AvgIpc) is 3.03. The van der Waals surface area contributed by atoms with Gasteiger partial charge in [0.25, 0.3) is 0 Å². The first-order valence-corrected chi connectivity index (χ1v) is 8.57. The van der Waals surface area contributed by atoms with Crippen molar-refractivity contribution in [3.05, 3.63) is 59.9 Å². The number of aromatic nitrogens is 2. The molecule has 126 valence electrons. The lowest BCUT2D eigenvalue weighted by molar-refractivity contribution is 0.317. The van der Waals surface area contributed by atoms with Crippen LogP contribution in [0.15, 0.2) is 48.5 Å². The largest absolute Gasteiger partial charge is 0.494 e. The molecule has 25 heavy (non-hydrogen) atoms. The lowest BCUT2D eigenvalue weighted by Crippen LogP contribution is -2.00. The number of imidazole rings is 1. The minimum atomic E-state index is 0.547. The van der Waals surface area contributed by atoms with E-state index in [2.05, 4.69) is 29.5 Å². The molecule has 0 N–H and O–H groups in total. The van der Waals surface area contributed by atoms with Crippen LogP contribution < -0.4 is 4.74 Å². The highest BCUT2D eigenvalue weighted by molar-refractivity contribution is 5.91. The molecule has 3 aromatic rings. The molecule has 4 nitrogen and oxygen atoms in total. The number of aryl methyl sites for hydroxylation is 1. The van der Waals surface area contributed by atoms with Gasteiger partial charge in [-0.2, -0.15) is 5.26 Å². The standard InChI is InChI=1S/C21H21N3O/c1-3-12-25-18-9-7-8-16(14-18)13-17(15-22)21-23-19-10-5-6-11-20(19)24(21)4-2/h5-11,13-14H,3-4,12H2,1-2H3/b17-13-. The van der Waals surface area contributed by atoms with Crippen LogP contribution in [-0.2, 0) is 6.54 Å². The second-order valence-corrected chi connectivity index (χ2v) is 5.76. The number of fused-ring (bicyclic) bond motifs is 1. The molecule has 0 aliphatic heterocycles. The van der Waals surface area contributed by atoms with Gasteiger partial charge in [-0.15, -0.1) is 0 Å². The summed E-state index contributed by atoms with van der Waals surface area (Å²) in [5, 5.41) is 9.69. The van der Waals surface area contributed by atoms with E-state index in [-0.39, 0.29) is 0 Å². The fraction of sp³-hybridized carbons (Fsp3) is 0.238. The zero-order valence-corrected chi connectivity index (χ0v) is 14.6. The average molecular weight is 331 g/mol. The van der Waals surface area contributed by atoms with Gasteiger partial charge in [0.05, 0.1) is 23.2 Å². The minimum absolute atomic E-state index is 0.547. The molecular formula is C21H21N3O. The molecule has 0 amide bonds. The molecule has 1 heterocycles. The monoisotopic (exact) mass is 331 g/mol. The van der Waals surface area contributed by atoms with Gasteiger partial charge in [-0.25, -0.2) is 4.98 Å².